The number of carbonyl (C=O) groups excluding carboxylic acids is 1. The number of likely N-dealkylation sites (tertiary alicyclic amines) is 1. The monoisotopic (exact) mass is 343 g/mol. The highest BCUT2D eigenvalue weighted by Crippen LogP contribution is 2.39. The average molecular weight is 343 g/mol. The van der Waals surface area contributed by atoms with Crippen molar-refractivity contribution >= 4 is 27.5 Å². The van der Waals surface area contributed by atoms with Crippen molar-refractivity contribution < 1.29 is 22.7 Å². The van der Waals surface area contributed by atoms with E-state index < -0.39 is 11.7 Å². The molecule has 2 heterocycles. The number of hydrogen-bond donors (Lipinski definition) is 0. The standard InChI is InChI=1S/C16H16F3NO2S/c1-22-15(21)20-6-4-10(5-7-20)13-9-23-14-8-11(16(17,18)19)2-3-12(13)14/h2-3,8-10H,4-7H2,1H3. The molecule has 2 aromatic rings. The number of alkyl halides is 3. The third kappa shape index (κ3) is 3.15. The predicted molar refractivity (Wildman–Crippen MR) is 82.8 cm³/mol. The number of rotatable bonds is 1. The van der Waals surface area contributed by atoms with Gasteiger partial charge in [-0.25, -0.2) is 4.79 Å². The predicted octanol–water partition coefficient (Wildman–Crippen LogP) is 4.87. The summed E-state index contributed by atoms with van der Waals surface area (Å²) in [7, 11) is 1.36. The maximum atomic E-state index is 12.8. The lowest BCUT2D eigenvalue weighted by Gasteiger charge is -2.30. The van der Waals surface area contributed by atoms with E-state index in [1.54, 1.807) is 11.0 Å². The Morgan fingerprint density at radius 1 is 1.30 bits per heavy atom. The van der Waals surface area contributed by atoms with Gasteiger partial charge in [0, 0.05) is 17.8 Å². The van der Waals surface area contributed by atoms with Crippen LogP contribution in [0.5, 0.6) is 0 Å². The summed E-state index contributed by atoms with van der Waals surface area (Å²) in [6.45, 7) is 1.21. The first-order valence-corrected chi connectivity index (χ1v) is 8.19. The highest BCUT2D eigenvalue weighted by molar-refractivity contribution is 7.17. The minimum atomic E-state index is -4.32. The van der Waals surface area contributed by atoms with E-state index in [1.165, 1.54) is 24.5 Å². The van der Waals surface area contributed by atoms with E-state index in [9.17, 15) is 18.0 Å². The molecule has 23 heavy (non-hydrogen) atoms. The summed E-state index contributed by atoms with van der Waals surface area (Å²) in [5.41, 5.74) is 0.474. The van der Waals surface area contributed by atoms with E-state index >= 15 is 0 Å². The van der Waals surface area contributed by atoms with Crippen molar-refractivity contribution in [2.75, 3.05) is 20.2 Å². The second-order valence-corrected chi connectivity index (χ2v) is 6.54. The van der Waals surface area contributed by atoms with Crippen molar-refractivity contribution in [2.24, 2.45) is 0 Å². The van der Waals surface area contributed by atoms with Crippen LogP contribution in [-0.2, 0) is 10.9 Å². The van der Waals surface area contributed by atoms with Gasteiger partial charge < -0.3 is 9.64 Å². The number of hydrogen-bond acceptors (Lipinski definition) is 3. The second-order valence-electron chi connectivity index (χ2n) is 5.63. The lowest BCUT2D eigenvalue weighted by atomic mass is 9.89. The fourth-order valence-corrected chi connectivity index (χ4v) is 4.12. The van der Waals surface area contributed by atoms with Crippen molar-refractivity contribution in [1.29, 1.82) is 0 Å². The van der Waals surface area contributed by atoms with Gasteiger partial charge in [0.15, 0.2) is 0 Å². The van der Waals surface area contributed by atoms with Crippen LogP contribution in [-0.4, -0.2) is 31.2 Å². The second kappa shape index (κ2) is 6.03. The molecule has 3 nitrogen and oxygen atoms in total. The van der Waals surface area contributed by atoms with Crippen LogP contribution in [0.25, 0.3) is 10.1 Å². The Kier molecular flexibility index (Phi) is 4.23. The van der Waals surface area contributed by atoms with E-state index in [1.807, 2.05) is 5.38 Å². The summed E-state index contributed by atoms with van der Waals surface area (Å²) in [5, 5.41) is 2.84. The number of amides is 1. The highest BCUT2D eigenvalue weighted by atomic mass is 32.1. The molecule has 1 amide bonds. The molecule has 0 saturated carbocycles. The SMILES string of the molecule is COC(=O)N1CCC(c2csc3cc(C(F)(F)F)ccc23)CC1. The Hall–Kier alpha value is -1.76. The minimum Gasteiger partial charge on any atom is -0.453 e. The van der Waals surface area contributed by atoms with Crippen LogP contribution in [0.1, 0.15) is 29.9 Å². The van der Waals surface area contributed by atoms with Gasteiger partial charge in [0.2, 0.25) is 0 Å². The molecule has 0 atom stereocenters. The maximum Gasteiger partial charge on any atom is 0.416 e. The fourth-order valence-electron chi connectivity index (χ4n) is 3.04. The Bertz CT molecular complexity index is 718. The number of nitrogens with zero attached hydrogens (tertiary/aromatic N) is 1. The van der Waals surface area contributed by atoms with Crippen LogP contribution in [0.15, 0.2) is 23.6 Å². The van der Waals surface area contributed by atoms with Crippen LogP contribution in [0.3, 0.4) is 0 Å². The van der Waals surface area contributed by atoms with Crippen molar-refractivity contribution in [3.63, 3.8) is 0 Å². The molecule has 0 unspecified atom stereocenters. The van der Waals surface area contributed by atoms with Crippen LogP contribution < -0.4 is 0 Å². The zero-order chi connectivity index (χ0) is 16.6. The first-order valence-electron chi connectivity index (χ1n) is 7.31. The molecule has 1 fully saturated rings. The molecule has 0 N–H and O–H groups in total. The third-order valence-electron chi connectivity index (χ3n) is 4.30. The molecule has 0 bridgehead atoms. The number of ether oxygens (including phenoxy) is 1. The molecule has 1 aliphatic heterocycles. The largest absolute Gasteiger partial charge is 0.453 e. The summed E-state index contributed by atoms with van der Waals surface area (Å²) < 4.78 is 43.7. The van der Waals surface area contributed by atoms with Gasteiger partial charge in [-0.1, -0.05) is 6.07 Å². The third-order valence-corrected chi connectivity index (χ3v) is 5.26. The zero-order valence-electron chi connectivity index (χ0n) is 12.5. The number of fused-ring (bicyclic) bond motifs is 1. The molecule has 1 aliphatic rings. The van der Waals surface area contributed by atoms with Gasteiger partial charge in [0.25, 0.3) is 0 Å². The number of carbonyl (C=O) groups is 1. The Balaban J connectivity index is 1.81. The number of thiophene rings is 1. The summed E-state index contributed by atoms with van der Waals surface area (Å²) in [6, 6.07) is 3.92. The molecule has 1 saturated heterocycles. The van der Waals surface area contributed by atoms with Crippen LogP contribution in [0.4, 0.5) is 18.0 Å². The average Bonchev–Trinajstić information content (AvgIpc) is 2.96. The Morgan fingerprint density at radius 3 is 2.61 bits per heavy atom. The van der Waals surface area contributed by atoms with Crippen molar-refractivity contribution in [1.82, 2.24) is 4.90 Å². The van der Waals surface area contributed by atoms with E-state index in [0.717, 1.165) is 29.9 Å². The first-order chi connectivity index (χ1) is 10.9. The van der Waals surface area contributed by atoms with E-state index in [2.05, 4.69) is 0 Å². The van der Waals surface area contributed by atoms with E-state index in [4.69, 9.17) is 4.74 Å². The smallest absolute Gasteiger partial charge is 0.416 e. The lowest BCUT2D eigenvalue weighted by Crippen LogP contribution is -2.37. The van der Waals surface area contributed by atoms with Gasteiger partial charge in [-0.15, -0.1) is 11.3 Å². The first kappa shape index (κ1) is 16.1. The number of halogens is 3. The fraction of sp³-hybridized carbons (Fsp3) is 0.438. The van der Waals surface area contributed by atoms with Crippen molar-refractivity contribution in [2.45, 2.75) is 24.9 Å². The van der Waals surface area contributed by atoms with Crippen molar-refractivity contribution in [3.05, 3.63) is 34.7 Å². The molecular formula is C16H16F3NO2S. The summed E-state index contributed by atoms with van der Waals surface area (Å²) in [4.78, 5) is 13.2. The van der Waals surface area contributed by atoms with Crippen molar-refractivity contribution in [3.8, 4) is 0 Å². The molecule has 1 aromatic heterocycles. The quantitative estimate of drug-likeness (QED) is 0.740. The Morgan fingerprint density at radius 2 is 2.00 bits per heavy atom. The summed E-state index contributed by atoms with van der Waals surface area (Å²) in [6.07, 6.45) is -3.05. The molecule has 1 aromatic carbocycles. The topological polar surface area (TPSA) is 29.5 Å². The Labute approximate surface area is 135 Å². The van der Waals surface area contributed by atoms with Gasteiger partial charge in [-0.2, -0.15) is 13.2 Å². The number of piperidine rings is 1. The van der Waals surface area contributed by atoms with Crippen LogP contribution in [0, 0.1) is 0 Å². The number of benzene rings is 1. The van der Waals surface area contributed by atoms with Crippen LogP contribution >= 0.6 is 11.3 Å². The molecule has 124 valence electrons. The zero-order valence-corrected chi connectivity index (χ0v) is 13.3. The minimum absolute atomic E-state index is 0.265. The lowest BCUT2D eigenvalue weighted by molar-refractivity contribution is -0.137. The molecule has 0 spiro atoms. The highest BCUT2D eigenvalue weighted by Gasteiger charge is 2.31. The molecule has 7 heteroatoms. The molecular weight excluding hydrogens is 327 g/mol. The molecule has 0 aliphatic carbocycles. The van der Waals surface area contributed by atoms with E-state index in [-0.39, 0.29) is 12.0 Å². The van der Waals surface area contributed by atoms with Gasteiger partial charge in [0.1, 0.15) is 0 Å². The molecule has 0 radical (unpaired) electrons. The molecule has 3 rings (SSSR count). The maximum absolute atomic E-state index is 12.8. The summed E-state index contributed by atoms with van der Waals surface area (Å²) in [5.74, 6) is 0.265. The summed E-state index contributed by atoms with van der Waals surface area (Å²) >= 11 is 1.34. The van der Waals surface area contributed by atoms with Gasteiger partial charge >= 0.3 is 12.3 Å². The van der Waals surface area contributed by atoms with E-state index in [0.29, 0.717) is 17.8 Å². The normalized spacial score (nSPS) is 16.8. The van der Waals surface area contributed by atoms with Crippen LogP contribution in [0.2, 0.25) is 0 Å². The van der Waals surface area contributed by atoms with Gasteiger partial charge in [0.05, 0.1) is 12.7 Å². The van der Waals surface area contributed by atoms with Gasteiger partial charge in [-0.3, -0.25) is 0 Å². The number of methoxy groups -OCH3 is 1. The van der Waals surface area contributed by atoms with Gasteiger partial charge in [-0.05, 0) is 47.2 Å².